The van der Waals surface area contributed by atoms with Crippen LogP contribution in [-0.4, -0.2) is 54.7 Å². The van der Waals surface area contributed by atoms with E-state index >= 15 is 0 Å². The number of aryl methyl sites for hydroxylation is 1. The van der Waals surface area contributed by atoms with Gasteiger partial charge in [0.15, 0.2) is 6.61 Å². The standard InChI is InChI=1S/C24H24N4O4S/c1-15-22-18(12-19(20-6-5-11-33-20)25-23(22)32-26-15)24(30)31-14-21(29)28(4)13-16-7-9-17(10-8-16)27(2)3/h5-12H,13-14H2,1-4H3. The molecular weight excluding hydrogens is 440 g/mol. The van der Waals surface area contributed by atoms with Crippen molar-refractivity contribution in [2.45, 2.75) is 13.5 Å². The first-order valence-corrected chi connectivity index (χ1v) is 11.2. The van der Waals surface area contributed by atoms with E-state index < -0.39 is 5.97 Å². The summed E-state index contributed by atoms with van der Waals surface area (Å²) < 4.78 is 10.7. The molecule has 0 saturated heterocycles. The number of amides is 1. The van der Waals surface area contributed by atoms with Gasteiger partial charge in [-0.15, -0.1) is 11.3 Å². The molecule has 9 heteroatoms. The van der Waals surface area contributed by atoms with E-state index in [1.165, 1.54) is 16.2 Å². The molecule has 0 saturated carbocycles. The molecule has 0 aliphatic carbocycles. The van der Waals surface area contributed by atoms with Crippen LogP contribution in [0, 0.1) is 6.92 Å². The average molecular weight is 465 g/mol. The Kier molecular flexibility index (Phi) is 6.41. The molecule has 0 fully saturated rings. The molecule has 170 valence electrons. The molecule has 8 nitrogen and oxygen atoms in total. The van der Waals surface area contributed by atoms with Crippen LogP contribution >= 0.6 is 11.3 Å². The minimum atomic E-state index is -0.622. The summed E-state index contributed by atoms with van der Waals surface area (Å²) >= 11 is 1.50. The first-order valence-electron chi connectivity index (χ1n) is 10.3. The molecular formula is C24H24N4O4S. The molecule has 0 radical (unpaired) electrons. The van der Waals surface area contributed by atoms with Gasteiger partial charge in [0.2, 0.25) is 0 Å². The van der Waals surface area contributed by atoms with Crippen molar-refractivity contribution < 1.29 is 18.8 Å². The highest BCUT2D eigenvalue weighted by molar-refractivity contribution is 7.13. The first kappa shape index (κ1) is 22.5. The number of fused-ring (bicyclic) bond motifs is 1. The van der Waals surface area contributed by atoms with Crippen LogP contribution in [0.15, 0.2) is 52.4 Å². The number of aromatic nitrogens is 2. The Morgan fingerprint density at radius 3 is 2.55 bits per heavy atom. The lowest BCUT2D eigenvalue weighted by Gasteiger charge is -2.18. The molecule has 3 heterocycles. The highest BCUT2D eigenvalue weighted by atomic mass is 32.1. The third-order valence-electron chi connectivity index (χ3n) is 5.24. The maximum atomic E-state index is 12.9. The van der Waals surface area contributed by atoms with Crippen LogP contribution in [0.1, 0.15) is 21.6 Å². The topological polar surface area (TPSA) is 88.8 Å². The van der Waals surface area contributed by atoms with Crippen LogP contribution in [0.3, 0.4) is 0 Å². The van der Waals surface area contributed by atoms with Gasteiger partial charge in [0, 0.05) is 33.4 Å². The molecule has 3 aromatic heterocycles. The van der Waals surface area contributed by atoms with E-state index in [9.17, 15) is 9.59 Å². The summed E-state index contributed by atoms with van der Waals surface area (Å²) in [6.45, 7) is 1.78. The first-order chi connectivity index (χ1) is 15.8. The molecule has 0 bridgehead atoms. The van der Waals surface area contributed by atoms with E-state index in [4.69, 9.17) is 9.26 Å². The largest absolute Gasteiger partial charge is 0.452 e. The number of rotatable bonds is 7. The maximum Gasteiger partial charge on any atom is 0.339 e. The van der Waals surface area contributed by atoms with Crippen molar-refractivity contribution in [3.05, 3.63) is 64.7 Å². The zero-order valence-electron chi connectivity index (χ0n) is 18.9. The summed E-state index contributed by atoms with van der Waals surface area (Å²) in [6, 6.07) is 13.4. The van der Waals surface area contributed by atoms with Crippen LogP contribution in [0.4, 0.5) is 5.69 Å². The number of benzene rings is 1. The van der Waals surface area contributed by atoms with E-state index in [0.29, 0.717) is 23.3 Å². The number of thiophene rings is 1. The Bertz CT molecular complexity index is 1280. The second kappa shape index (κ2) is 9.41. The lowest BCUT2D eigenvalue weighted by atomic mass is 10.1. The van der Waals surface area contributed by atoms with Crippen LogP contribution in [-0.2, 0) is 16.1 Å². The number of ether oxygens (including phenoxy) is 1. The van der Waals surface area contributed by atoms with E-state index in [-0.39, 0.29) is 23.8 Å². The van der Waals surface area contributed by atoms with Crippen molar-refractivity contribution in [2.24, 2.45) is 0 Å². The summed E-state index contributed by atoms with van der Waals surface area (Å²) in [5, 5.41) is 6.34. The van der Waals surface area contributed by atoms with Gasteiger partial charge in [0.05, 0.1) is 27.2 Å². The maximum absolute atomic E-state index is 12.9. The molecule has 0 atom stereocenters. The van der Waals surface area contributed by atoms with Gasteiger partial charge in [-0.1, -0.05) is 23.4 Å². The second-order valence-electron chi connectivity index (χ2n) is 7.87. The molecule has 1 aromatic carbocycles. The minimum Gasteiger partial charge on any atom is -0.452 e. The van der Waals surface area contributed by atoms with Crippen LogP contribution in [0.25, 0.3) is 21.7 Å². The quantitative estimate of drug-likeness (QED) is 0.380. The Balaban J connectivity index is 1.46. The van der Waals surface area contributed by atoms with Crippen molar-refractivity contribution in [1.29, 1.82) is 0 Å². The number of carbonyl (C=O) groups is 2. The molecule has 0 unspecified atom stereocenters. The van der Waals surface area contributed by atoms with E-state index in [1.54, 1.807) is 20.0 Å². The summed E-state index contributed by atoms with van der Waals surface area (Å²) in [7, 11) is 5.62. The Labute approximate surface area is 195 Å². The summed E-state index contributed by atoms with van der Waals surface area (Å²) in [5.41, 5.74) is 3.72. The predicted molar refractivity (Wildman–Crippen MR) is 127 cm³/mol. The van der Waals surface area contributed by atoms with E-state index in [2.05, 4.69) is 10.1 Å². The Hall–Kier alpha value is -3.72. The van der Waals surface area contributed by atoms with Gasteiger partial charge in [-0.2, -0.15) is 0 Å². The molecule has 0 N–H and O–H groups in total. The molecule has 4 aromatic rings. The number of hydrogen-bond acceptors (Lipinski definition) is 8. The molecule has 0 aliphatic rings. The minimum absolute atomic E-state index is 0.259. The van der Waals surface area contributed by atoms with Gasteiger partial charge in [-0.3, -0.25) is 4.79 Å². The SMILES string of the molecule is Cc1noc2nc(-c3cccs3)cc(C(=O)OCC(=O)N(C)Cc3ccc(N(C)C)cc3)c12. The fourth-order valence-corrected chi connectivity index (χ4v) is 4.07. The summed E-state index contributed by atoms with van der Waals surface area (Å²) in [6.07, 6.45) is 0. The lowest BCUT2D eigenvalue weighted by molar-refractivity contribution is -0.133. The molecule has 33 heavy (non-hydrogen) atoms. The second-order valence-corrected chi connectivity index (χ2v) is 8.81. The molecule has 4 rings (SSSR count). The van der Waals surface area contributed by atoms with Gasteiger partial charge in [0.1, 0.15) is 0 Å². The number of hydrogen-bond donors (Lipinski definition) is 0. The third kappa shape index (κ3) is 4.88. The predicted octanol–water partition coefficient (Wildman–Crippen LogP) is 4.14. The monoisotopic (exact) mass is 464 g/mol. The normalized spacial score (nSPS) is 10.9. The van der Waals surface area contributed by atoms with Gasteiger partial charge < -0.3 is 19.1 Å². The number of carbonyl (C=O) groups excluding carboxylic acids is 2. The number of anilines is 1. The smallest absolute Gasteiger partial charge is 0.339 e. The van der Waals surface area contributed by atoms with Crippen molar-refractivity contribution in [2.75, 3.05) is 32.6 Å². The van der Waals surface area contributed by atoms with Gasteiger partial charge >= 0.3 is 5.97 Å². The van der Waals surface area contributed by atoms with Gasteiger partial charge in [0.25, 0.3) is 11.6 Å². The van der Waals surface area contributed by atoms with Gasteiger partial charge in [-0.05, 0) is 42.1 Å². The van der Waals surface area contributed by atoms with E-state index in [1.807, 2.05) is 60.8 Å². The Morgan fingerprint density at radius 1 is 1.12 bits per heavy atom. The zero-order valence-corrected chi connectivity index (χ0v) is 19.7. The van der Waals surface area contributed by atoms with Crippen molar-refractivity contribution in [1.82, 2.24) is 15.0 Å². The fraction of sp³-hybridized carbons (Fsp3) is 0.250. The highest BCUT2D eigenvalue weighted by Gasteiger charge is 2.22. The highest BCUT2D eigenvalue weighted by Crippen LogP contribution is 2.29. The van der Waals surface area contributed by atoms with E-state index in [0.717, 1.165) is 16.1 Å². The number of likely N-dealkylation sites (N-methyl/N-ethyl adjacent to an activating group) is 1. The van der Waals surface area contributed by atoms with Crippen molar-refractivity contribution in [3.8, 4) is 10.6 Å². The molecule has 1 amide bonds. The van der Waals surface area contributed by atoms with Crippen LogP contribution in [0.2, 0.25) is 0 Å². The zero-order chi connectivity index (χ0) is 23.5. The molecule has 0 aliphatic heterocycles. The van der Waals surface area contributed by atoms with Crippen molar-refractivity contribution >= 4 is 40.0 Å². The number of pyridine rings is 1. The van der Waals surface area contributed by atoms with Crippen LogP contribution in [0.5, 0.6) is 0 Å². The fourth-order valence-electron chi connectivity index (χ4n) is 3.38. The average Bonchev–Trinajstić information content (AvgIpc) is 3.47. The third-order valence-corrected chi connectivity index (χ3v) is 6.13. The van der Waals surface area contributed by atoms with Gasteiger partial charge in [-0.25, -0.2) is 9.78 Å². The lowest BCUT2D eigenvalue weighted by Crippen LogP contribution is -2.30. The summed E-state index contributed by atoms with van der Waals surface area (Å²) in [4.78, 5) is 34.4. The number of nitrogens with zero attached hydrogens (tertiary/aromatic N) is 4. The summed E-state index contributed by atoms with van der Waals surface area (Å²) in [5.74, 6) is -0.922. The van der Waals surface area contributed by atoms with Crippen molar-refractivity contribution in [3.63, 3.8) is 0 Å². The molecule has 0 spiro atoms. The Morgan fingerprint density at radius 2 is 1.88 bits per heavy atom. The van der Waals surface area contributed by atoms with Crippen LogP contribution < -0.4 is 4.90 Å². The number of esters is 1.